The molecule has 60 heavy (non-hydrogen) atoms. The van der Waals surface area contributed by atoms with Crippen LogP contribution < -0.4 is 0 Å². The zero-order valence-corrected chi connectivity index (χ0v) is 32.3. The first-order valence-corrected chi connectivity index (χ1v) is 19.5. The van der Waals surface area contributed by atoms with E-state index in [2.05, 4.69) is 0 Å². The summed E-state index contributed by atoms with van der Waals surface area (Å²) >= 11 is 0. The molecule has 2 nitrogen and oxygen atoms in total. The summed E-state index contributed by atoms with van der Waals surface area (Å²) in [6, 6.07) is 49.6. The maximum absolute atomic E-state index is 15.1. The Balaban J connectivity index is 1.23. The molecule has 0 saturated heterocycles. The summed E-state index contributed by atoms with van der Waals surface area (Å²) in [5.41, 5.74) is 6.58. The molecule has 0 N–H and O–H groups in total. The summed E-state index contributed by atoms with van der Waals surface area (Å²) in [5.74, 6) is 0. The highest BCUT2D eigenvalue weighted by Crippen LogP contribution is 2.45. The Labute approximate surface area is 341 Å². The standard InChI is InChI=1S/C52H34F6N2/c1-31-11-3-5-13-37(31)35-19-23-41-39-15-7-9-17-45(39)59(47(41)29-35)49-27-33(21-25-43(49)51(53,54)55)34-22-26-44(52(56,57)58)50(28-34)60-46-18-10-8-16-40(46)42-24-20-36(30-48(42)60)38-14-6-4-12-32(38)2/h3-30H,1-2H3. The summed E-state index contributed by atoms with van der Waals surface area (Å²) in [6.07, 6.45) is -9.50. The number of rotatable bonds is 5. The Morgan fingerprint density at radius 1 is 0.333 bits per heavy atom. The monoisotopic (exact) mass is 800 g/mol. The van der Waals surface area contributed by atoms with Crippen LogP contribution in [0.5, 0.6) is 0 Å². The van der Waals surface area contributed by atoms with Gasteiger partial charge >= 0.3 is 12.4 Å². The minimum atomic E-state index is -4.75. The summed E-state index contributed by atoms with van der Waals surface area (Å²) < 4.78 is 94.1. The van der Waals surface area contributed by atoms with Gasteiger partial charge in [0.05, 0.1) is 44.6 Å². The van der Waals surface area contributed by atoms with E-state index in [1.165, 1.54) is 24.3 Å². The van der Waals surface area contributed by atoms with E-state index < -0.39 is 23.5 Å². The molecule has 2 aromatic heterocycles. The Hall–Kier alpha value is -7.06. The molecule has 0 aliphatic rings. The fraction of sp³-hybridized carbons (Fsp3) is 0.0769. The molecule has 0 saturated carbocycles. The maximum atomic E-state index is 15.1. The van der Waals surface area contributed by atoms with Crippen LogP contribution >= 0.6 is 0 Å². The van der Waals surface area contributed by atoms with Crippen molar-refractivity contribution in [2.45, 2.75) is 26.2 Å². The predicted molar refractivity (Wildman–Crippen MR) is 231 cm³/mol. The zero-order chi connectivity index (χ0) is 41.5. The van der Waals surface area contributed by atoms with Crippen molar-refractivity contribution in [1.82, 2.24) is 9.13 Å². The van der Waals surface area contributed by atoms with Gasteiger partial charge in [-0.15, -0.1) is 0 Å². The molecule has 8 heteroatoms. The predicted octanol–water partition coefficient (Wildman–Crippen LogP) is 15.5. The first-order valence-electron chi connectivity index (χ1n) is 19.5. The van der Waals surface area contributed by atoms with Gasteiger partial charge in [-0.2, -0.15) is 26.3 Å². The molecule has 0 bridgehead atoms. The van der Waals surface area contributed by atoms with Crippen LogP contribution in [0.1, 0.15) is 22.3 Å². The van der Waals surface area contributed by atoms with E-state index in [-0.39, 0.29) is 11.4 Å². The second kappa shape index (κ2) is 13.8. The molecular weight excluding hydrogens is 767 g/mol. The lowest BCUT2D eigenvalue weighted by Gasteiger charge is -2.20. The summed E-state index contributed by atoms with van der Waals surface area (Å²) in [4.78, 5) is 0. The minimum absolute atomic E-state index is 0.130. The number of hydrogen-bond acceptors (Lipinski definition) is 0. The fourth-order valence-corrected chi connectivity index (χ4v) is 8.86. The first kappa shape index (κ1) is 37.2. The number of aryl methyl sites for hydroxylation is 2. The normalized spacial score (nSPS) is 12.3. The van der Waals surface area contributed by atoms with Crippen molar-refractivity contribution in [3.05, 3.63) is 192 Å². The number of benzene rings is 8. The van der Waals surface area contributed by atoms with Gasteiger partial charge in [-0.1, -0.05) is 121 Å². The second-order valence-electron chi connectivity index (χ2n) is 15.3. The molecular formula is C52H34F6N2. The van der Waals surface area contributed by atoms with Crippen molar-refractivity contribution in [1.29, 1.82) is 0 Å². The third-order valence-electron chi connectivity index (χ3n) is 11.7. The Morgan fingerprint density at radius 3 is 1.08 bits per heavy atom. The number of hydrogen-bond donors (Lipinski definition) is 0. The van der Waals surface area contributed by atoms with Crippen LogP contribution in [0, 0.1) is 13.8 Å². The van der Waals surface area contributed by atoms with Gasteiger partial charge in [0.2, 0.25) is 0 Å². The van der Waals surface area contributed by atoms with E-state index in [0.29, 0.717) is 33.2 Å². The number of fused-ring (bicyclic) bond motifs is 6. The molecule has 2 heterocycles. The van der Waals surface area contributed by atoms with Crippen LogP contribution in [0.2, 0.25) is 0 Å². The van der Waals surface area contributed by atoms with Crippen LogP contribution in [-0.2, 0) is 12.4 Å². The van der Waals surface area contributed by atoms with Crippen LogP contribution in [0.4, 0.5) is 26.3 Å². The van der Waals surface area contributed by atoms with E-state index in [0.717, 1.165) is 67.1 Å². The molecule has 0 amide bonds. The molecule has 0 atom stereocenters. The minimum Gasteiger partial charge on any atom is -0.309 e. The fourth-order valence-electron chi connectivity index (χ4n) is 8.86. The Kier molecular flexibility index (Phi) is 8.54. The molecule has 0 spiro atoms. The molecule has 10 aromatic rings. The maximum Gasteiger partial charge on any atom is 0.418 e. The van der Waals surface area contributed by atoms with Crippen molar-refractivity contribution in [2.24, 2.45) is 0 Å². The molecule has 0 fully saturated rings. The summed E-state index contributed by atoms with van der Waals surface area (Å²) in [5, 5.41) is 3.09. The Bertz CT molecular complexity index is 3100. The van der Waals surface area contributed by atoms with Gasteiger partial charge in [-0.3, -0.25) is 0 Å². The van der Waals surface area contributed by atoms with Crippen molar-refractivity contribution < 1.29 is 26.3 Å². The second-order valence-corrected chi connectivity index (χ2v) is 15.3. The zero-order valence-electron chi connectivity index (χ0n) is 32.3. The van der Waals surface area contributed by atoms with E-state index in [1.54, 1.807) is 33.4 Å². The third kappa shape index (κ3) is 6.05. The van der Waals surface area contributed by atoms with Gasteiger partial charge in [0.15, 0.2) is 0 Å². The lowest BCUT2D eigenvalue weighted by atomic mass is 9.98. The van der Waals surface area contributed by atoms with Crippen LogP contribution in [0.25, 0.3) is 88.4 Å². The number of para-hydroxylation sites is 2. The van der Waals surface area contributed by atoms with Crippen molar-refractivity contribution >= 4 is 43.6 Å². The van der Waals surface area contributed by atoms with E-state index in [1.807, 2.05) is 123 Å². The molecule has 0 radical (unpaired) electrons. The summed E-state index contributed by atoms with van der Waals surface area (Å²) in [7, 11) is 0. The summed E-state index contributed by atoms with van der Waals surface area (Å²) in [6.45, 7) is 3.97. The first-order chi connectivity index (χ1) is 28.9. The van der Waals surface area contributed by atoms with Gasteiger partial charge in [-0.25, -0.2) is 0 Å². The van der Waals surface area contributed by atoms with Crippen molar-refractivity contribution in [3.63, 3.8) is 0 Å². The molecule has 0 unspecified atom stereocenters. The van der Waals surface area contributed by atoms with Crippen molar-refractivity contribution in [3.8, 4) is 44.8 Å². The molecule has 0 aliphatic carbocycles. The lowest BCUT2D eigenvalue weighted by Crippen LogP contribution is -2.12. The highest BCUT2D eigenvalue weighted by Gasteiger charge is 2.37. The molecule has 0 aliphatic heterocycles. The van der Waals surface area contributed by atoms with Gasteiger partial charge in [-0.05, 0) is 107 Å². The third-order valence-corrected chi connectivity index (χ3v) is 11.7. The SMILES string of the molecule is Cc1ccccc1-c1ccc2c3ccccc3n(-c3cc(-c4ccc(C(F)(F)F)c(-n5c6ccccc6c6ccc(-c7ccccc7C)cc65)c4)ccc3C(F)(F)F)c2c1. The highest BCUT2D eigenvalue weighted by molar-refractivity contribution is 6.11. The van der Waals surface area contributed by atoms with E-state index in [9.17, 15) is 0 Å². The lowest BCUT2D eigenvalue weighted by molar-refractivity contribution is -0.138. The van der Waals surface area contributed by atoms with Crippen LogP contribution in [-0.4, -0.2) is 9.13 Å². The van der Waals surface area contributed by atoms with Crippen LogP contribution in [0.3, 0.4) is 0 Å². The Morgan fingerprint density at radius 2 is 0.683 bits per heavy atom. The van der Waals surface area contributed by atoms with Gasteiger partial charge in [0, 0.05) is 21.5 Å². The van der Waals surface area contributed by atoms with E-state index in [4.69, 9.17) is 0 Å². The van der Waals surface area contributed by atoms with Gasteiger partial charge in [0.25, 0.3) is 0 Å². The molecule has 8 aromatic carbocycles. The van der Waals surface area contributed by atoms with Gasteiger partial charge < -0.3 is 9.13 Å². The topological polar surface area (TPSA) is 9.86 Å². The number of nitrogens with zero attached hydrogens (tertiary/aromatic N) is 2. The van der Waals surface area contributed by atoms with Gasteiger partial charge in [0.1, 0.15) is 0 Å². The van der Waals surface area contributed by atoms with E-state index >= 15 is 26.3 Å². The number of alkyl halides is 6. The largest absolute Gasteiger partial charge is 0.418 e. The van der Waals surface area contributed by atoms with Crippen molar-refractivity contribution in [2.75, 3.05) is 0 Å². The smallest absolute Gasteiger partial charge is 0.309 e. The average molecular weight is 801 g/mol. The number of halogens is 6. The number of aromatic nitrogens is 2. The van der Waals surface area contributed by atoms with Crippen LogP contribution in [0.15, 0.2) is 170 Å². The quantitative estimate of drug-likeness (QED) is 0.153. The molecule has 294 valence electrons. The average Bonchev–Trinajstić information content (AvgIpc) is 3.75. The highest BCUT2D eigenvalue weighted by atomic mass is 19.4. The molecule has 10 rings (SSSR count).